The van der Waals surface area contributed by atoms with Gasteiger partial charge in [0, 0.05) is 44.4 Å². The van der Waals surface area contributed by atoms with E-state index in [1.807, 2.05) is 0 Å². The van der Waals surface area contributed by atoms with E-state index in [1.54, 1.807) is 10.6 Å². The van der Waals surface area contributed by atoms with Crippen molar-refractivity contribution in [3.05, 3.63) is 48.5 Å². The van der Waals surface area contributed by atoms with Crippen molar-refractivity contribution in [2.24, 2.45) is 0 Å². The second-order valence-corrected chi connectivity index (χ2v) is 19.9. The predicted molar refractivity (Wildman–Crippen MR) is 149 cm³/mol. The SMILES string of the molecule is CC(=O)O.CC(C)(C)P([c-]1[cH-][cH-][cH-][cH-]1)C(C)(C)C.CC(C)(C)P([c-]1cccc1)C(C)(C)C.[Fe].[Pd]. The van der Waals surface area contributed by atoms with Crippen LogP contribution in [0.15, 0.2) is 48.5 Å². The van der Waals surface area contributed by atoms with Crippen molar-refractivity contribution in [2.45, 2.75) is 111 Å². The number of rotatable bonds is 2. The van der Waals surface area contributed by atoms with Crippen LogP contribution in [0.25, 0.3) is 0 Å². The molecule has 206 valence electrons. The summed E-state index contributed by atoms with van der Waals surface area (Å²) in [6, 6.07) is 17.7. The normalized spacial score (nSPS) is 12.0. The molecule has 0 amide bonds. The third-order valence-electron chi connectivity index (χ3n) is 4.49. The van der Waals surface area contributed by atoms with E-state index < -0.39 is 5.97 Å². The van der Waals surface area contributed by atoms with Gasteiger partial charge >= 0.3 is 0 Å². The predicted octanol–water partition coefficient (Wildman–Crippen LogP) is 8.31. The molecule has 0 saturated carbocycles. The molecule has 2 aromatic rings. The standard InChI is InChI=1S/2C13H22P.C2H4O2.Fe.Pd/c2*1-12(2,3)14(13(4,5)6)11-9-7-8-10-11;1-2(3)4;;/h2*7-10H,1-6H3;1H3,(H,3,4);;/q-5;-1;;;. The molecule has 0 aliphatic carbocycles. The van der Waals surface area contributed by atoms with Crippen LogP contribution in [0.5, 0.6) is 0 Å². The first-order chi connectivity index (χ1) is 14.2. The van der Waals surface area contributed by atoms with Gasteiger partial charge in [-0.25, -0.2) is 12.1 Å². The molecule has 0 radical (unpaired) electrons. The third kappa shape index (κ3) is 14.7. The fourth-order valence-electron chi connectivity index (χ4n) is 4.59. The van der Waals surface area contributed by atoms with Crippen LogP contribution >= 0.6 is 15.8 Å². The third-order valence-corrected chi connectivity index (χ3v) is 11.5. The molecule has 2 rings (SSSR count). The summed E-state index contributed by atoms with van der Waals surface area (Å²) in [5.74, 6) is -0.833. The molecule has 0 bridgehead atoms. The van der Waals surface area contributed by atoms with Crippen molar-refractivity contribution in [3.8, 4) is 0 Å². The van der Waals surface area contributed by atoms with Gasteiger partial charge in [0.25, 0.3) is 5.97 Å². The first kappa shape index (κ1) is 38.7. The second-order valence-electron chi connectivity index (χ2n) is 12.2. The quantitative estimate of drug-likeness (QED) is 0.204. The Labute approximate surface area is 237 Å². The minimum absolute atomic E-state index is 0. The van der Waals surface area contributed by atoms with Crippen LogP contribution in [0.1, 0.15) is 90.0 Å². The van der Waals surface area contributed by atoms with E-state index in [1.165, 1.54) is 0 Å². The van der Waals surface area contributed by atoms with Crippen molar-refractivity contribution < 1.29 is 47.4 Å². The van der Waals surface area contributed by atoms with Crippen LogP contribution in [0.3, 0.4) is 0 Å². The molecule has 0 spiro atoms. The number of carboxylic acid groups (broad SMARTS) is 1. The molecule has 6 heteroatoms. The van der Waals surface area contributed by atoms with Crippen LogP contribution in [0, 0.1) is 0 Å². The number of aliphatic carboxylic acids is 1. The van der Waals surface area contributed by atoms with Crippen molar-refractivity contribution >= 4 is 32.4 Å². The van der Waals surface area contributed by atoms with Gasteiger partial charge in [-0.15, -0.1) is 13.2 Å². The zero-order chi connectivity index (χ0) is 25.5. The summed E-state index contributed by atoms with van der Waals surface area (Å²) in [5.41, 5.74) is 0. The molecule has 0 saturated heterocycles. The van der Waals surface area contributed by atoms with E-state index in [-0.39, 0.29) is 53.3 Å². The zero-order valence-corrected chi connectivity index (χ0v) is 28.0. The summed E-state index contributed by atoms with van der Waals surface area (Å²) >= 11 is 0. The minimum Gasteiger partial charge on any atom is -0.747 e. The average Bonchev–Trinajstić information content (AvgIpc) is 3.15. The van der Waals surface area contributed by atoms with Gasteiger partial charge < -0.3 is 34.7 Å². The first-order valence-corrected chi connectivity index (χ1v) is 14.1. The number of hydrogen-bond acceptors (Lipinski definition) is 1. The number of carbonyl (C=O) groups is 1. The van der Waals surface area contributed by atoms with Crippen LogP contribution in [-0.4, -0.2) is 31.7 Å². The van der Waals surface area contributed by atoms with Gasteiger partial charge in [-0.05, 0) is 20.6 Å². The van der Waals surface area contributed by atoms with Crippen molar-refractivity contribution in [1.82, 2.24) is 0 Å². The molecular weight excluding hydrogens is 593 g/mol. The Kier molecular flexibility index (Phi) is 17.6. The van der Waals surface area contributed by atoms with Crippen molar-refractivity contribution in [3.63, 3.8) is 0 Å². The average molecular weight is 641 g/mol. The van der Waals surface area contributed by atoms with E-state index in [0.29, 0.717) is 20.6 Å². The maximum Gasteiger partial charge on any atom is 0.300 e. The van der Waals surface area contributed by atoms with E-state index in [9.17, 15) is 0 Å². The van der Waals surface area contributed by atoms with Gasteiger partial charge in [0.2, 0.25) is 0 Å². The molecule has 0 atom stereocenters. The Morgan fingerprint density at radius 3 is 1.21 bits per heavy atom. The molecule has 34 heavy (non-hydrogen) atoms. The summed E-state index contributed by atoms with van der Waals surface area (Å²) in [6.07, 6.45) is 0. The fraction of sp³-hybridized carbons (Fsp3) is 0.607. The Balaban J connectivity index is -0.000000465. The minimum atomic E-state index is -0.833. The van der Waals surface area contributed by atoms with Crippen LogP contribution < -0.4 is 10.6 Å². The Bertz CT molecular complexity index is 678. The van der Waals surface area contributed by atoms with E-state index in [4.69, 9.17) is 9.90 Å². The van der Waals surface area contributed by atoms with Gasteiger partial charge in [0.1, 0.15) is 0 Å². The summed E-state index contributed by atoms with van der Waals surface area (Å²) in [7, 11) is -0.202. The molecule has 0 fully saturated rings. The van der Waals surface area contributed by atoms with E-state index >= 15 is 0 Å². The summed E-state index contributed by atoms with van der Waals surface area (Å²) in [5, 5.41) is 12.1. The van der Waals surface area contributed by atoms with Gasteiger partial charge in [0.15, 0.2) is 0 Å². The fourth-order valence-corrected chi connectivity index (χ4v) is 12.7. The topological polar surface area (TPSA) is 37.3 Å². The van der Waals surface area contributed by atoms with Crippen molar-refractivity contribution in [2.75, 3.05) is 0 Å². The van der Waals surface area contributed by atoms with Gasteiger partial charge in [-0.3, -0.25) is 12.7 Å². The van der Waals surface area contributed by atoms with E-state index in [0.717, 1.165) is 6.92 Å². The first-order valence-electron chi connectivity index (χ1n) is 11.4. The maximum atomic E-state index is 9.00. The van der Waals surface area contributed by atoms with Gasteiger partial charge in [-0.1, -0.05) is 83.1 Å². The molecule has 0 aliphatic heterocycles. The second kappa shape index (κ2) is 15.5. The smallest absolute Gasteiger partial charge is 0.300 e. The molecule has 2 nitrogen and oxygen atoms in total. The molecule has 0 aromatic heterocycles. The number of hydrogen-bond donors (Lipinski definition) is 1. The van der Waals surface area contributed by atoms with Crippen LogP contribution in [0.2, 0.25) is 0 Å². The largest absolute Gasteiger partial charge is 0.747 e. The number of carboxylic acids is 1. The summed E-state index contributed by atoms with van der Waals surface area (Å²) in [4.78, 5) is 9.00. The van der Waals surface area contributed by atoms with Crippen molar-refractivity contribution in [1.29, 1.82) is 0 Å². The maximum absolute atomic E-state index is 9.00. The molecule has 0 unspecified atom stereocenters. The van der Waals surface area contributed by atoms with Crippen LogP contribution in [-0.2, 0) is 42.3 Å². The molecule has 0 aliphatic rings. The zero-order valence-electron chi connectivity index (χ0n) is 23.5. The molecular formula is C28H48FeO2P2Pd-6. The Hall–Kier alpha value is 0.212. The summed E-state index contributed by atoms with van der Waals surface area (Å²) < 4.78 is 0. The van der Waals surface area contributed by atoms with Gasteiger partial charge in [0.05, 0.1) is 0 Å². The Morgan fingerprint density at radius 2 is 0.971 bits per heavy atom. The van der Waals surface area contributed by atoms with Crippen LogP contribution in [0.4, 0.5) is 0 Å². The monoisotopic (exact) mass is 640 g/mol. The van der Waals surface area contributed by atoms with Gasteiger partial charge in [-0.2, -0.15) is 12.1 Å². The Morgan fingerprint density at radius 1 is 0.706 bits per heavy atom. The summed E-state index contributed by atoms with van der Waals surface area (Å²) in [6.45, 7) is 29.4. The molecule has 0 heterocycles. The molecule has 1 N–H and O–H groups in total. The van der Waals surface area contributed by atoms with E-state index in [2.05, 4.69) is 132 Å². The molecule has 2 aromatic carbocycles.